The molecule has 132 valence electrons. The Balaban J connectivity index is 1.67. The van der Waals surface area contributed by atoms with Crippen LogP contribution in [0, 0.1) is 5.82 Å². The number of para-hydroxylation sites is 1. The lowest BCUT2D eigenvalue weighted by molar-refractivity contribution is 0.0946. The lowest BCUT2D eigenvalue weighted by Crippen LogP contribution is -2.23. The van der Waals surface area contributed by atoms with Gasteiger partial charge in [-0.25, -0.2) is 4.39 Å². The van der Waals surface area contributed by atoms with Crippen molar-refractivity contribution in [2.75, 3.05) is 0 Å². The van der Waals surface area contributed by atoms with Gasteiger partial charge >= 0.3 is 0 Å². The number of halogens is 2. The first-order chi connectivity index (χ1) is 12.6. The van der Waals surface area contributed by atoms with E-state index in [2.05, 4.69) is 21.2 Å². The van der Waals surface area contributed by atoms with Crippen LogP contribution in [0.2, 0.25) is 0 Å². The SMILES string of the molecule is O=C(NCc1ccc(F)cc1)c1ccccc1OCc1ccccc1Br. The number of carbonyl (C=O) groups excluding carboxylic acids is 1. The van der Waals surface area contributed by atoms with Crippen molar-refractivity contribution in [3.05, 3.63) is 99.8 Å². The topological polar surface area (TPSA) is 38.3 Å². The molecule has 5 heteroatoms. The lowest BCUT2D eigenvalue weighted by Gasteiger charge is -2.12. The van der Waals surface area contributed by atoms with Gasteiger partial charge in [0.1, 0.15) is 18.2 Å². The van der Waals surface area contributed by atoms with Gasteiger partial charge in [-0.05, 0) is 35.9 Å². The summed E-state index contributed by atoms with van der Waals surface area (Å²) < 4.78 is 19.8. The van der Waals surface area contributed by atoms with E-state index in [1.165, 1.54) is 12.1 Å². The Morgan fingerprint density at radius 1 is 0.962 bits per heavy atom. The number of hydrogen-bond acceptors (Lipinski definition) is 2. The molecule has 0 heterocycles. The van der Waals surface area contributed by atoms with Crippen molar-refractivity contribution in [3.8, 4) is 5.75 Å². The molecule has 3 rings (SSSR count). The van der Waals surface area contributed by atoms with Crippen LogP contribution in [-0.4, -0.2) is 5.91 Å². The standard InChI is InChI=1S/C21H17BrFNO2/c22-19-7-3-1-5-16(19)14-26-20-8-4-2-6-18(20)21(25)24-13-15-9-11-17(23)12-10-15/h1-12H,13-14H2,(H,24,25). The van der Waals surface area contributed by atoms with E-state index >= 15 is 0 Å². The molecule has 0 saturated heterocycles. The van der Waals surface area contributed by atoms with Gasteiger partial charge in [0.15, 0.2) is 0 Å². The Bertz CT molecular complexity index is 897. The molecule has 1 N–H and O–H groups in total. The average Bonchev–Trinajstić information content (AvgIpc) is 2.67. The molecule has 0 aliphatic carbocycles. The van der Waals surface area contributed by atoms with Crippen LogP contribution in [-0.2, 0) is 13.2 Å². The van der Waals surface area contributed by atoms with Crippen LogP contribution in [0.4, 0.5) is 4.39 Å². The summed E-state index contributed by atoms with van der Waals surface area (Å²) in [6.45, 7) is 0.668. The summed E-state index contributed by atoms with van der Waals surface area (Å²) in [5.41, 5.74) is 2.28. The van der Waals surface area contributed by atoms with Gasteiger partial charge in [0.05, 0.1) is 5.56 Å². The molecule has 0 atom stereocenters. The van der Waals surface area contributed by atoms with Gasteiger partial charge in [0.25, 0.3) is 5.91 Å². The Hall–Kier alpha value is -2.66. The highest BCUT2D eigenvalue weighted by atomic mass is 79.9. The van der Waals surface area contributed by atoms with E-state index in [1.54, 1.807) is 30.3 Å². The predicted octanol–water partition coefficient (Wildman–Crippen LogP) is 5.10. The van der Waals surface area contributed by atoms with Crippen LogP contribution in [0.15, 0.2) is 77.3 Å². The minimum absolute atomic E-state index is 0.239. The van der Waals surface area contributed by atoms with Gasteiger partial charge in [-0.3, -0.25) is 4.79 Å². The minimum Gasteiger partial charge on any atom is -0.488 e. The highest BCUT2D eigenvalue weighted by Gasteiger charge is 2.12. The maximum atomic E-state index is 12.9. The Morgan fingerprint density at radius 2 is 1.65 bits per heavy atom. The summed E-state index contributed by atoms with van der Waals surface area (Å²) in [5, 5.41) is 2.83. The van der Waals surface area contributed by atoms with E-state index < -0.39 is 0 Å². The molecule has 0 bridgehead atoms. The van der Waals surface area contributed by atoms with Gasteiger partial charge in [-0.1, -0.05) is 58.4 Å². The van der Waals surface area contributed by atoms with Crippen LogP contribution in [0.1, 0.15) is 21.5 Å². The normalized spacial score (nSPS) is 10.4. The van der Waals surface area contributed by atoms with E-state index in [0.29, 0.717) is 24.5 Å². The van der Waals surface area contributed by atoms with E-state index in [-0.39, 0.29) is 11.7 Å². The van der Waals surface area contributed by atoms with E-state index in [0.717, 1.165) is 15.6 Å². The summed E-state index contributed by atoms with van der Waals surface area (Å²) in [6.07, 6.45) is 0. The Morgan fingerprint density at radius 3 is 2.42 bits per heavy atom. The van der Waals surface area contributed by atoms with Crippen molar-refractivity contribution in [1.29, 1.82) is 0 Å². The summed E-state index contributed by atoms with van der Waals surface area (Å²) in [6, 6.07) is 20.9. The largest absolute Gasteiger partial charge is 0.488 e. The number of benzene rings is 3. The van der Waals surface area contributed by atoms with E-state index in [4.69, 9.17) is 4.74 Å². The first-order valence-electron chi connectivity index (χ1n) is 8.11. The third-order valence-corrected chi connectivity index (χ3v) is 4.61. The van der Waals surface area contributed by atoms with Crippen LogP contribution < -0.4 is 10.1 Å². The molecular weight excluding hydrogens is 397 g/mol. The lowest BCUT2D eigenvalue weighted by atomic mass is 10.1. The Kier molecular flexibility index (Phi) is 6.02. The van der Waals surface area contributed by atoms with Crippen molar-refractivity contribution in [3.63, 3.8) is 0 Å². The van der Waals surface area contributed by atoms with Crippen molar-refractivity contribution >= 4 is 21.8 Å². The number of hydrogen-bond donors (Lipinski definition) is 1. The monoisotopic (exact) mass is 413 g/mol. The summed E-state index contributed by atoms with van der Waals surface area (Å²) >= 11 is 3.49. The second kappa shape index (κ2) is 8.63. The molecule has 3 aromatic rings. The number of ether oxygens (including phenoxy) is 1. The van der Waals surface area contributed by atoms with Crippen LogP contribution in [0.3, 0.4) is 0 Å². The quantitative estimate of drug-likeness (QED) is 0.610. The third-order valence-electron chi connectivity index (χ3n) is 3.84. The minimum atomic E-state index is -0.300. The molecule has 1 amide bonds. The molecule has 0 radical (unpaired) electrons. The van der Waals surface area contributed by atoms with Crippen LogP contribution in [0.5, 0.6) is 5.75 Å². The van der Waals surface area contributed by atoms with Crippen LogP contribution in [0.25, 0.3) is 0 Å². The molecule has 0 saturated carbocycles. The first-order valence-corrected chi connectivity index (χ1v) is 8.90. The van der Waals surface area contributed by atoms with Gasteiger partial charge < -0.3 is 10.1 Å². The average molecular weight is 414 g/mol. The molecule has 0 unspecified atom stereocenters. The fourth-order valence-corrected chi connectivity index (χ4v) is 2.83. The maximum Gasteiger partial charge on any atom is 0.255 e. The molecule has 0 aliphatic heterocycles. The molecule has 0 spiro atoms. The summed E-state index contributed by atoms with van der Waals surface area (Å²) in [4.78, 5) is 12.5. The number of carbonyl (C=O) groups is 1. The Labute approximate surface area is 159 Å². The van der Waals surface area contributed by atoms with E-state index in [1.807, 2.05) is 30.3 Å². The van der Waals surface area contributed by atoms with Crippen molar-refractivity contribution < 1.29 is 13.9 Å². The fourth-order valence-electron chi connectivity index (χ4n) is 2.43. The van der Waals surface area contributed by atoms with Gasteiger partial charge in [-0.15, -0.1) is 0 Å². The molecule has 26 heavy (non-hydrogen) atoms. The zero-order chi connectivity index (χ0) is 18.4. The van der Waals surface area contributed by atoms with E-state index in [9.17, 15) is 9.18 Å². The van der Waals surface area contributed by atoms with Crippen LogP contribution >= 0.6 is 15.9 Å². The summed E-state index contributed by atoms with van der Waals surface area (Å²) in [7, 11) is 0. The van der Waals surface area contributed by atoms with Crippen molar-refractivity contribution in [2.24, 2.45) is 0 Å². The smallest absolute Gasteiger partial charge is 0.255 e. The summed E-state index contributed by atoms with van der Waals surface area (Å²) in [5.74, 6) is -0.0252. The molecule has 0 aliphatic rings. The zero-order valence-electron chi connectivity index (χ0n) is 13.9. The predicted molar refractivity (Wildman–Crippen MR) is 102 cm³/mol. The fraction of sp³-hybridized carbons (Fsp3) is 0.0952. The second-order valence-electron chi connectivity index (χ2n) is 5.69. The molecule has 3 aromatic carbocycles. The highest BCUT2D eigenvalue weighted by Crippen LogP contribution is 2.22. The number of nitrogens with one attached hydrogen (secondary N) is 1. The zero-order valence-corrected chi connectivity index (χ0v) is 15.5. The van der Waals surface area contributed by atoms with Crippen molar-refractivity contribution in [1.82, 2.24) is 5.32 Å². The second-order valence-corrected chi connectivity index (χ2v) is 6.54. The molecule has 0 aromatic heterocycles. The third kappa shape index (κ3) is 4.70. The molecular formula is C21H17BrFNO2. The first kappa shape index (κ1) is 18.1. The maximum absolute atomic E-state index is 12.9. The highest BCUT2D eigenvalue weighted by molar-refractivity contribution is 9.10. The van der Waals surface area contributed by atoms with Gasteiger partial charge in [0.2, 0.25) is 0 Å². The van der Waals surface area contributed by atoms with Gasteiger partial charge in [-0.2, -0.15) is 0 Å². The molecule has 3 nitrogen and oxygen atoms in total. The number of rotatable bonds is 6. The number of amides is 1. The van der Waals surface area contributed by atoms with Crippen molar-refractivity contribution in [2.45, 2.75) is 13.2 Å². The molecule has 0 fully saturated rings. The van der Waals surface area contributed by atoms with Gasteiger partial charge in [0, 0.05) is 16.6 Å².